The number of hydrogen-bond acceptors (Lipinski definition) is 4. The maximum Gasteiger partial charge on any atom is 0.129 e. The fraction of sp³-hybridized carbons (Fsp3) is 0.562. The molecule has 1 aromatic carbocycles. The molecular formula is C16H25N3OS. The Kier molecular flexibility index (Phi) is 5.19. The standard InChI is InChI=1S/C16H25N3OS/c1-11-8-19(10-14(11)18(2)3)9-12-5-6-15(20-4)13(7-12)16(17)21/h5-7,11,14H,8-10H2,1-4H3,(H2,17,21). The van der Waals surface area contributed by atoms with Crippen LogP contribution in [0.5, 0.6) is 5.75 Å². The van der Waals surface area contributed by atoms with Gasteiger partial charge in [-0.2, -0.15) is 0 Å². The van der Waals surface area contributed by atoms with Crippen LogP contribution in [0.1, 0.15) is 18.1 Å². The first-order valence-corrected chi connectivity index (χ1v) is 7.68. The number of benzene rings is 1. The predicted octanol–water partition coefficient (Wildman–Crippen LogP) is 1.71. The molecule has 0 saturated carbocycles. The van der Waals surface area contributed by atoms with Crippen LogP contribution in [0.3, 0.4) is 0 Å². The molecule has 5 heteroatoms. The zero-order chi connectivity index (χ0) is 15.6. The number of ether oxygens (including phenoxy) is 1. The van der Waals surface area contributed by atoms with Gasteiger partial charge in [-0.05, 0) is 37.7 Å². The van der Waals surface area contributed by atoms with Crippen LogP contribution in [-0.4, -0.2) is 55.1 Å². The van der Waals surface area contributed by atoms with E-state index in [1.165, 1.54) is 5.56 Å². The molecule has 0 aliphatic carbocycles. The Morgan fingerprint density at radius 3 is 2.67 bits per heavy atom. The van der Waals surface area contributed by atoms with Crippen LogP contribution in [0.4, 0.5) is 0 Å². The van der Waals surface area contributed by atoms with Crippen molar-refractivity contribution in [2.75, 3.05) is 34.3 Å². The van der Waals surface area contributed by atoms with Gasteiger partial charge in [-0.3, -0.25) is 4.90 Å². The molecule has 0 amide bonds. The summed E-state index contributed by atoms with van der Waals surface area (Å²) in [4.78, 5) is 5.19. The van der Waals surface area contributed by atoms with Crippen LogP contribution in [0.15, 0.2) is 18.2 Å². The zero-order valence-electron chi connectivity index (χ0n) is 13.3. The summed E-state index contributed by atoms with van der Waals surface area (Å²) in [7, 11) is 5.95. The first-order chi connectivity index (χ1) is 9.92. The Hall–Kier alpha value is -1.17. The van der Waals surface area contributed by atoms with Gasteiger partial charge in [0.1, 0.15) is 10.7 Å². The van der Waals surface area contributed by atoms with Crippen LogP contribution in [0.2, 0.25) is 0 Å². The second-order valence-corrected chi connectivity index (χ2v) is 6.54. The number of nitrogens with zero attached hydrogens (tertiary/aromatic N) is 2. The van der Waals surface area contributed by atoms with E-state index in [1.54, 1.807) is 7.11 Å². The van der Waals surface area contributed by atoms with Crippen LogP contribution < -0.4 is 10.5 Å². The average Bonchev–Trinajstić information content (AvgIpc) is 2.79. The van der Waals surface area contributed by atoms with Gasteiger partial charge in [-0.15, -0.1) is 0 Å². The summed E-state index contributed by atoms with van der Waals surface area (Å²) in [5, 5.41) is 0. The number of rotatable bonds is 5. The Balaban J connectivity index is 2.10. The third-order valence-electron chi connectivity index (χ3n) is 4.25. The van der Waals surface area contributed by atoms with Crippen molar-refractivity contribution in [3.8, 4) is 5.75 Å². The van der Waals surface area contributed by atoms with Crippen LogP contribution in [0, 0.1) is 5.92 Å². The van der Waals surface area contributed by atoms with E-state index in [0.717, 1.165) is 30.9 Å². The maximum absolute atomic E-state index is 5.78. The molecule has 1 saturated heterocycles. The molecule has 2 rings (SSSR count). The Labute approximate surface area is 132 Å². The minimum absolute atomic E-state index is 0.384. The molecule has 2 N–H and O–H groups in total. The maximum atomic E-state index is 5.78. The van der Waals surface area contributed by atoms with Gasteiger partial charge in [-0.1, -0.05) is 25.2 Å². The first-order valence-electron chi connectivity index (χ1n) is 7.28. The van der Waals surface area contributed by atoms with Gasteiger partial charge in [0, 0.05) is 25.7 Å². The van der Waals surface area contributed by atoms with Crippen molar-refractivity contribution in [2.45, 2.75) is 19.5 Å². The van der Waals surface area contributed by atoms with E-state index in [2.05, 4.69) is 43.0 Å². The van der Waals surface area contributed by atoms with E-state index in [1.807, 2.05) is 6.07 Å². The fourth-order valence-electron chi connectivity index (χ4n) is 3.15. The van der Waals surface area contributed by atoms with Crippen molar-refractivity contribution in [1.29, 1.82) is 0 Å². The molecule has 0 aromatic heterocycles. The fourth-order valence-corrected chi connectivity index (χ4v) is 3.31. The van der Waals surface area contributed by atoms with E-state index in [4.69, 9.17) is 22.7 Å². The smallest absolute Gasteiger partial charge is 0.129 e. The number of methoxy groups -OCH3 is 1. The van der Waals surface area contributed by atoms with Gasteiger partial charge in [0.2, 0.25) is 0 Å². The van der Waals surface area contributed by atoms with E-state index in [0.29, 0.717) is 16.9 Å². The normalized spacial score (nSPS) is 22.7. The molecule has 2 unspecified atom stereocenters. The third-order valence-corrected chi connectivity index (χ3v) is 4.47. The van der Waals surface area contributed by atoms with E-state index >= 15 is 0 Å². The summed E-state index contributed by atoms with van der Waals surface area (Å²) in [5.41, 5.74) is 7.83. The minimum Gasteiger partial charge on any atom is -0.496 e. The molecule has 1 aliphatic heterocycles. The van der Waals surface area contributed by atoms with Crippen molar-refractivity contribution in [2.24, 2.45) is 11.7 Å². The van der Waals surface area contributed by atoms with Gasteiger partial charge in [-0.25, -0.2) is 0 Å². The van der Waals surface area contributed by atoms with Crippen LogP contribution in [0.25, 0.3) is 0 Å². The van der Waals surface area contributed by atoms with E-state index in [9.17, 15) is 0 Å². The summed E-state index contributed by atoms with van der Waals surface area (Å²) >= 11 is 5.11. The molecule has 21 heavy (non-hydrogen) atoms. The Bertz CT molecular complexity index is 518. The van der Waals surface area contributed by atoms with Gasteiger partial charge < -0.3 is 15.4 Å². The molecule has 0 spiro atoms. The second-order valence-electron chi connectivity index (χ2n) is 6.10. The summed E-state index contributed by atoms with van der Waals surface area (Å²) in [6.45, 7) is 5.47. The Morgan fingerprint density at radius 2 is 2.14 bits per heavy atom. The lowest BCUT2D eigenvalue weighted by atomic mass is 10.1. The topological polar surface area (TPSA) is 41.7 Å². The van der Waals surface area contributed by atoms with Crippen molar-refractivity contribution in [3.05, 3.63) is 29.3 Å². The van der Waals surface area contributed by atoms with Crippen LogP contribution in [-0.2, 0) is 6.54 Å². The van der Waals surface area contributed by atoms with E-state index < -0.39 is 0 Å². The third kappa shape index (κ3) is 3.73. The largest absolute Gasteiger partial charge is 0.496 e. The highest BCUT2D eigenvalue weighted by molar-refractivity contribution is 7.80. The molecule has 4 nitrogen and oxygen atoms in total. The number of hydrogen-bond donors (Lipinski definition) is 1. The average molecular weight is 307 g/mol. The highest BCUT2D eigenvalue weighted by atomic mass is 32.1. The summed E-state index contributed by atoms with van der Waals surface area (Å²) in [6, 6.07) is 6.72. The quantitative estimate of drug-likeness (QED) is 0.839. The van der Waals surface area contributed by atoms with Crippen molar-refractivity contribution >= 4 is 17.2 Å². The van der Waals surface area contributed by atoms with Gasteiger partial charge in [0.25, 0.3) is 0 Å². The first kappa shape index (κ1) is 16.2. The summed E-state index contributed by atoms with van der Waals surface area (Å²) in [6.07, 6.45) is 0. The molecule has 1 aliphatic rings. The lowest BCUT2D eigenvalue weighted by Crippen LogP contribution is -2.34. The summed E-state index contributed by atoms with van der Waals surface area (Å²) < 4.78 is 5.31. The highest BCUT2D eigenvalue weighted by Gasteiger charge is 2.30. The van der Waals surface area contributed by atoms with Gasteiger partial charge in [0.05, 0.1) is 12.7 Å². The second kappa shape index (κ2) is 6.73. The number of likely N-dealkylation sites (tertiary alicyclic amines) is 1. The van der Waals surface area contributed by atoms with Gasteiger partial charge >= 0.3 is 0 Å². The number of thiocarbonyl (C=S) groups is 1. The van der Waals surface area contributed by atoms with E-state index in [-0.39, 0.29) is 0 Å². The minimum atomic E-state index is 0.384. The molecular weight excluding hydrogens is 282 g/mol. The lowest BCUT2D eigenvalue weighted by Gasteiger charge is -2.22. The predicted molar refractivity (Wildman–Crippen MR) is 90.8 cm³/mol. The lowest BCUT2D eigenvalue weighted by molar-refractivity contribution is 0.250. The Morgan fingerprint density at radius 1 is 1.43 bits per heavy atom. The molecule has 1 fully saturated rings. The zero-order valence-corrected chi connectivity index (χ0v) is 14.1. The molecule has 0 bridgehead atoms. The molecule has 0 radical (unpaired) electrons. The SMILES string of the molecule is COc1ccc(CN2CC(C)C(N(C)C)C2)cc1C(N)=S. The molecule has 116 valence electrons. The number of likely N-dealkylation sites (N-methyl/N-ethyl adjacent to an activating group) is 1. The monoisotopic (exact) mass is 307 g/mol. The van der Waals surface area contributed by atoms with Crippen molar-refractivity contribution in [3.63, 3.8) is 0 Å². The van der Waals surface area contributed by atoms with Crippen LogP contribution >= 0.6 is 12.2 Å². The summed E-state index contributed by atoms with van der Waals surface area (Å²) in [5.74, 6) is 1.43. The van der Waals surface area contributed by atoms with Crippen molar-refractivity contribution < 1.29 is 4.74 Å². The van der Waals surface area contributed by atoms with Gasteiger partial charge in [0.15, 0.2) is 0 Å². The molecule has 1 heterocycles. The van der Waals surface area contributed by atoms with Crippen molar-refractivity contribution in [1.82, 2.24) is 9.80 Å². The molecule has 1 aromatic rings. The number of nitrogens with two attached hydrogens (primary N) is 1. The molecule has 2 atom stereocenters. The highest BCUT2D eigenvalue weighted by Crippen LogP contribution is 2.24.